The Morgan fingerprint density at radius 3 is 2.06 bits per heavy atom. The Morgan fingerprint density at radius 2 is 1.37 bits per heavy atom. The summed E-state index contributed by atoms with van der Waals surface area (Å²) < 4.78 is 2.10. The van der Waals surface area contributed by atoms with Gasteiger partial charge in [-0.3, -0.25) is 9.97 Å². The van der Waals surface area contributed by atoms with Crippen LogP contribution in [-0.4, -0.2) is 24.6 Å². The summed E-state index contributed by atoms with van der Waals surface area (Å²) in [5.74, 6) is 0.933. The van der Waals surface area contributed by atoms with E-state index in [1.807, 2.05) is 49.8 Å². The molecular formula is C43H41N4OPt-. The summed E-state index contributed by atoms with van der Waals surface area (Å²) in [5, 5.41) is 12.2. The first-order chi connectivity index (χ1) is 22.8. The summed E-state index contributed by atoms with van der Waals surface area (Å²) in [5.41, 5.74) is 12.6. The molecule has 0 atom stereocenters. The molecule has 0 saturated heterocycles. The molecule has 6 heteroatoms. The average Bonchev–Trinajstić information content (AvgIpc) is 3.41. The molecule has 7 rings (SSSR count). The van der Waals surface area contributed by atoms with Crippen molar-refractivity contribution in [1.82, 2.24) is 19.5 Å². The van der Waals surface area contributed by atoms with Gasteiger partial charge in [-0.2, -0.15) is 0 Å². The fraction of sp³-hybridized carbons (Fsp3) is 0.233. The number of aromatic nitrogens is 4. The van der Waals surface area contributed by atoms with Crippen molar-refractivity contribution in [2.45, 2.75) is 59.3 Å². The molecule has 0 spiro atoms. The molecule has 0 bridgehead atoms. The minimum Gasteiger partial charge on any atom is -0.507 e. The summed E-state index contributed by atoms with van der Waals surface area (Å²) >= 11 is 0. The van der Waals surface area contributed by atoms with Crippen LogP contribution in [0, 0.1) is 13.0 Å². The van der Waals surface area contributed by atoms with Gasteiger partial charge in [-0.25, -0.2) is 4.98 Å². The number of hydrogen-bond acceptors (Lipinski definition) is 4. The second-order valence-corrected chi connectivity index (χ2v) is 14.9. The van der Waals surface area contributed by atoms with Gasteiger partial charge in [0.25, 0.3) is 0 Å². The Hall–Kier alpha value is -4.60. The number of benzene rings is 4. The van der Waals surface area contributed by atoms with Crippen LogP contribution < -0.4 is 0 Å². The third kappa shape index (κ3) is 6.33. The van der Waals surface area contributed by atoms with E-state index >= 15 is 0 Å². The summed E-state index contributed by atoms with van der Waals surface area (Å²) in [6.45, 7) is 15.4. The van der Waals surface area contributed by atoms with Crippen LogP contribution in [0.5, 0.6) is 5.75 Å². The molecule has 0 aliphatic carbocycles. The van der Waals surface area contributed by atoms with E-state index in [1.165, 1.54) is 5.56 Å². The molecule has 3 aromatic heterocycles. The Bertz CT molecular complexity index is 2340. The fourth-order valence-electron chi connectivity index (χ4n) is 6.52. The van der Waals surface area contributed by atoms with E-state index in [2.05, 4.69) is 108 Å². The van der Waals surface area contributed by atoms with E-state index in [9.17, 15) is 5.11 Å². The number of hydrogen-bond donors (Lipinski definition) is 1. The number of imidazole rings is 1. The monoisotopic (exact) mass is 824 g/mol. The molecular weight excluding hydrogens is 784 g/mol. The van der Waals surface area contributed by atoms with Gasteiger partial charge < -0.3 is 9.67 Å². The third-order valence-corrected chi connectivity index (χ3v) is 9.31. The number of pyridine rings is 2. The molecule has 4 aromatic carbocycles. The molecule has 250 valence electrons. The van der Waals surface area contributed by atoms with Crippen molar-refractivity contribution in [2.24, 2.45) is 7.05 Å². The summed E-state index contributed by atoms with van der Waals surface area (Å²) in [4.78, 5) is 14.8. The number of phenols is 1. The Balaban J connectivity index is 0.00000417. The zero-order valence-electron chi connectivity index (χ0n) is 29.3. The number of aryl methyl sites for hydroxylation is 2. The van der Waals surface area contributed by atoms with Crippen molar-refractivity contribution >= 4 is 21.9 Å². The molecule has 0 saturated carbocycles. The summed E-state index contributed by atoms with van der Waals surface area (Å²) in [7, 11) is 2.03. The second-order valence-electron chi connectivity index (χ2n) is 14.9. The Kier molecular flexibility index (Phi) is 8.88. The standard InChI is InChI=1S/C43H41N4O.Pt/c1-26-14-16-33(39-40(26)47(8)41(46-39)35-24-31(42(2,3)4)15-17-37(35)48)28-20-29(22-30(21-28)36-13-9-10-18-44-36)34-25-32(43(5,6)7)23-27-12-11-19-45-38(27)34;/h9-19,21-25,48H,1-8H3;/q-1;. The number of rotatable bonds is 4. The first-order valence-corrected chi connectivity index (χ1v) is 16.5. The van der Waals surface area contributed by atoms with Gasteiger partial charge >= 0.3 is 0 Å². The second kappa shape index (κ2) is 12.7. The van der Waals surface area contributed by atoms with Gasteiger partial charge in [-0.1, -0.05) is 101 Å². The van der Waals surface area contributed by atoms with Crippen molar-refractivity contribution < 1.29 is 26.2 Å². The number of fused-ring (bicyclic) bond motifs is 2. The van der Waals surface area contributed by atoms with Gasteiger partial charge in [-0.15, -0.1) is 29.3 Å². The SMILES string of the molecule is Cc1ccc(-c2[c-]c(-c3cc(C(C)(C)C)cc4cccnc34)cc(-c3ccccn3)c2)c2nc(-c3cc(C(C)(C)C)ccc3O)n(C)c12.[Pt]. The van der Waals surface area contributed by atoms with Gasteiger partial charge in [0.15, 0.2) is 0 Å². The van der Waals surface area contributed by atoms with Crippen molar-refractivity contribution in [1.29, 1.82) is 0 Å². The largest absolute Gasteiger partial charge is 0.507 e. The van der Waals surface area contributed by atoms with Crippen molar-refractivity contribution in [2.75, 3.05) is 0 Å². The molecule has 5 nitrogen and oxygen atoms in total. The molecule has 7 aromatic rings. The van der Waals surface area contributed by atoms with Crippen LogP contribution in [0.25, 0.3) is 66.8 Å². The topological polar surface area (TPSA) is 63.8 Å². The van der Waals surface area contributed by atoms with Gasteiger partial charge in [0.05, 0.1) is 22.3 Å². The predicted molar refractivity (Wildman–Crippen MR) is 198 cm³/mol. The first-order valence-electron chi connectivity index (χ1n) is 16.5. The third-order valence-electron chi connectivity index (χ3n) is 9.31. The molecule has 0 aliphatic heterocycles. The van der Waals surface area contributed by atoms with Gasteiger partial charge in [0.2, 0.25) is 0 Å². The van der Waals surface area contributed by atoms with E-state index in [0.717, 1.165) is 78.0 Å². The Labute approximate surface area is 303 Å². The van der Waals surface area contributed by atoms with Gasteiger partial charge in [-0.05, 0) is 70.2 Å². The molecule has 0 amide bonds. The maximum absolute atomic E-state index is 11.1. The van der Waals surface area contributed by atoms with Crippen LogP contribution in [0.3, 0.4) is 0 Å². The smallest absolute Gasteiger partial charge is 0.143 e. The normalized spacial score (nSPS) is 12.0. The molecule has 3 heterocycles. The molecule has 49 heavy (non-hydrogen) atoms. The minimum absolute atomic E-state index is 0. The molecule has 0 fully saturated rings. The maximum atomic E-state index is 11.1. The molecule has 0 unspecified atom stereocenters. The van der Waals surface area contributed by atoms with Crippen molar-refractivity contribution in [3.05, 3.63) is 120 Å². The summed E-state index contributed by atoms with van der Waals surface area (Å²) in [6, 6.07) is 32.9. The Morgan fingerprint density at radius 1 is 0.673 bits per heavy atom. The van der Waals surface area contributed by atoms with Crippen molar-refractivity contribution in [3.8, 4) is 50.6 Å². The van der Waals surface area contributed by atoms with E-state index in [4.69, 9.17) is 15.0 Å². The van der Waals surface area contributed by atoms with E-state index in [0.29, 0.717) is 0 Å². The van der Waals surface area contributed by atoms with E-state index in [-0.39, 0.29) is 37.6 Å². The van der Waals surface area contributed by atoms with Crippen molar-refractivity contribution in [3.63, 3.8) is 0 Å². The van der Waals surface area contributed by atoms with Gasteiger partial charge in [0, 0.05) is 46.0 Å². The number of nitrogens with zero attached hydrogens (tertiary/aromatic N) is 4. The van der Waals surface area contributed by atoms with Crippen LogP contribution >= 0.6 is 0 Å². The molecule has 0 radical (unpaired) electrons. The van der Waals surface area contributed by atoms with E-state index < -0.39 is 0 Å². The average molecular weight is 825 g/mol. The fourth-order valence-corrected chi connectivity index (χ4v) is 6.52. The zero-order chi connectivity index (χ0) is 34.0. The van der Waals surface area contributed by atoms with Crippen LogP contribution in [0.4, 0.5) is 0 Å². The minimum atomic E-state index is -0.0747. The quantitative estimate of drug-likeness (QED) is 0.180. The van der Waals surface area contributed by atoms with Crippen LogP contribution in [-0.2, 0) is 38.9 Å². The zero-order valence-corrected chi connectivity index (χ0v) is 31.6. The molecule has 0 aliphatic rings. The number of phenolic OH excluding ortho intramolecular Hbond substituents is 1. The van der Waals surface area contributed by atoms with Crippen LogP contribution in [0.15, 0.2) is 97.3 Å². The predicted octanol–water partition coefficient (Wildman–Crippen LogP) is 10.6. The van der Waals surface area contributed by atoms with Gasteiger partial charge in [0.1, 0.15) is 11.6 Å². The first kappa shape index (κ1) is 34.3. The van der Waals surface area contributed by atoms with E-state index in [1.54, 1.807) is 6.07 Å². The van der Waals surface area contributed by atoms with Crippen LogP contribution in [0.1, 0.15) is 58.2 Å². The number of aromatic hydroxyl groups is 1. The summed E-state index contributed by atoms with van der Waals surface area (Å²) in [6.07, 6.45) is 3.69. The molecule has 1 N–H and O–H groups in total. The maximum Gasteiger partial charge on any atom is 0.143 e. The van der Waals surface area contributed by atoms with Crippen LogP contribution in [0.2, 0.25) is 0 Å².